The molecule has 20 heavy (non-hydrogen) atoms. The molecule has 0 unspecified atom stereocenters. The standard InChI is InChI=1S/C16H30N2O2/c1-5-13(6-2)15(19)17-14(12(3)4)16(20)18-10-8-7-9-11-18/h12-14H,5-11H2,1-4H3,(H,17,19)/t14-/m0/s1. The van der Waals surface area contributed by atoms with Crippen LogP contribution in [0.3, 0.4) is 0 Å². The van der Waals surface area contributed by atoms with E-state index in [1.165, 1.54) is 6.42 Å². The molecule has 4 nitrogen and oxygen atoms in total. The lowest BCUT2D eigenvalue weighted by molar-refractivity contribution is -0.139. The number of hydrogen-bond donors (Lipinski definition) is 1. The molecule has 1 fully saturated rings. The minimum atomic E-state index is -0.374. The Hall–Kier alpha value is -1.06. The Kier molecular flexibility index (Phi) is 7.03. The summed E-state index contributed by atoms with van der Waals surface area (Å²) in [4.78, 5) is 26.7. The normalized spacial score (nSPS) is 17.4. The van der Waals surface area contributed by atoms with E-state index >= 15 is 0 Å². The molecule has 1 aliphatic heterocycles. The van der Waals surface area contributed by atoms with Crippen LogP contribution >= 0.6 is 0 Å². The van der Waals surface area contributed by atoms with Gasteiger partial charge in [0, 0.05) is 19.0 Å². The van der Waals surface area contributed by atoms with Crippen molar-refractivity contribution in [3.05, 3.63) is 0 Å². The fourth-order valence-electron chi connectivity index (χ4n) is 2.76. The number of nitrogens with one attached hydrogen (secondary N) is 1. The molecular formula is C16H30N2O2. The summed E-state index contributed by atoms with van der Waals surface area (Å²) in [5, 5.41) is 2.99. The van der Waals surface area contributed by atoms with Crippen LogP contribution in [0.15, 0.2) is 0 Å². The minimum absolute atomic E-state index is 0.0189. The Labute approximate surface area is 123 Å². The van der Waals surface area contributed by atoms with Gasteiger partial charge in [-0.2, -0.15) is 0 Å². The number of likely N-dealkylation sites (tertiary alicyclic amines) is 1. The average Bonchev–Trinajstić information content (AvgIpc) is 2.46. The second-order valence-corrected chi connectivity index (χ2v) is 6.13. The molecule has 0 radical (unpaired) electrons. The molecule has 1 saturated heterocycles. The highest BCUT2D eigenvalue weighted by Gasteiger charge is 2.30. The van der Waals surface area contributed by atoms with Crippen LogP contribution in [-0.4, -0.2) is 35.8 Å². The first-order valence-electron chi connectivity index (χ1n) is 8.10. The number of amides is 2. The zero-order valence-corrected chi connectivity index (χ0v) is 13.4. The summed E-state index contributed by atoms with van der Waals surface area (Å²) in [6, 6.07) is -0.374. The third-order valence-electron chi connectivity index (χ3n) is 4.25. The van der Waals surface area contributed by atoms with Gasteiger partial charge in [-0.3, -0.25) is 9.59 Å². The van der Waals surface area contributed by atoms with Crippen LogP contribution in [0, 0.1) is 11.8 Å². The van der Waals surface area contributed by atoms with E-state index < -0.39 is 0 Å². The molecule has 1 rings (SSSR count). The number of carbonyl (C=O) groups is 2. The first-order valence-corrected chi connectivity index (χ1v) is 8.10. The van der Waals surface area contributed by atoms with Crippen LogP contribution in [0.2, 0.25) is 0 Å². The molecule has 0 saturated carbocycles. The smallest absolute Gasteiger partial charge is 0.245 e. The van der Waals surface area contributed by atoms with E-state index in [4.69, 9.17) is 0 Å². The van der Waals surface area contributed by atoms with E-state index in [0.29, 0.717) is 0 Å². The highest BCUT2D eigenvalue weighted by Crippen LogP contribution is 2.15. The third kappa shape index (κ3) is 4.50. The summed E-state index contributed by atoms with van der Waals surface area (Å²) in [5.74, 6) is 0.270. The van der Waals surface area contributed by atoms with Gasteiger partial charge >= 0.3 is 0 Å². The Bertz CT molecular complexity index is 318. The molecule has 1 atom stereocenters. The summed E-state index contributed by atoms with van der Waals surface area (Å²) in [5.41, 5.74) is 0. The van der Waals surface area contributed by atoms with Crippen molar-refractivity contribution >= 4 is 11.8 Å². The Balaban J connectivity index is 2.68. The van der Waals surface area contributed by atoms with Crippen LogP contribution in [0.25, 0.3) is 0 Å². The lowest BCUT2D eigenvalue weighted by Crippen LogP contribution is -2.53. The van der Waals surface area contributed by atoms with Gasteiger partial charge in [0.15, 0.2) is 0 Å². The van der Waals surface area contributed by atoms with Gasteiger partial charge in [0.05, 0.1) is 0 Å². The van der Waals surface area contributed by atoms with Gasteiger partial charge in [-0.15, -0.1) is 0 Å². The maximum atomic E-state index is 12.6. The van der Waals surface area contributed by atoms with Gasteiger partial charge < -0.3 is 10.2 Å². The number of rotatable bonds is 6. The molecule has 0 aromatic carbocycles. The zero-order valence-electron chi connectivity index (χ0n) is 13.4. The van der Waals surface area contributed by atoms with E-state index in [2.05, 4.69) is 5.32 Å². The predicted octanol–water partition coefficient (Wildman–Crippen LogP) is 2.58. The van der Waals surface area contributed by atoms with Crippen molar-refractivity contribution in [3.63, 3.8) is 0 Å². The van der Waals surface area contributed by atoms with Gasteiger partial charge in [0.1, 0.15) is 6.04 Å². The Morgan fingerprint density at radius 1 is 1.05 bits per heavy atom. The van der Waals surface area contributed by atoms with Gasteiger partial charge in [-0.25, -0.2) is 0 Å². The third-order valence-corrected chi connectivity index (χ3v) is 4.25. The van der Waals surface area contributed by atoms with E-state index in [1.54, 1.807) is 0 Å². The Morgan fingerprint density at radius 3 is 2.05 bits per heavy atom. The monoisotopic (exact) mass is 282 g/mol. The topological polar surface area (TPSA) is 49.4 Å². The summed E-state index contributed by atoms with van der Waals surface area (Å²) in [6.45, 7) is 9.71. The fraction of sp³-hybridized carbons (Fsp3) is 0.875. The quantitative estimate of drug-likeness (QED) is 0.814. The van der Waals surface area contributed by atoms with Crippen molar-refractivity contribution in [3.8, 4) is 0 Å². The van der Waals surface area contributed by atoms with Gasteiger partial charge in [-0.05, 0) is 38.0 Å². The highest BCUT2D eigenvalue weighted by atomic mass is 16.2. The molecular weight excluding hydrogens is 252 g/mol. The summed E-state index contributed by atoms with van der Waals surface area (Å²) >= 11 is 0. The van der Waals surface area contributed by atoms with Gasteiger partial charge in [0.25, 0.3) is 0 Å². The summed E-state index contributed by atoms with van der Waals surface area (Å²) in [6.07, 6.45) is 5.01. The second kappa shape index (κ2) is 8.28. The van der Waals surface area contributed by atoms with E-state index in [1.807, 2.05) is 32.6 Å². The van der Waals surface area contributed by atoms with E-state index in [0.717, 1.165) is 38.8 Å². The fourth-order valence-corrected chi connectivity index (χ4v) is 2.76. The predicted molar refractivity (Wildman–Crippen MR) is 81.3 cm³/mol. The maximum absolute atomic E-state index is 12.6. The van der Waals surface area contributed by atoms with Crippen molar-refractivity contribution in [2.45, 2.75) is 65.8 Å². The van der Waals surface area contributed by atoms with Crippen LogP contribution in [0.4, 0.5) is 0 Å². The lowest BCUT2D eigenvalue weighted by atomic mass is 9.98. The number of piperidine rings is 1. The van der Waals surface area contributed by atoms with Crippen molar-refractivity contribution < 1.29 is 9.59 Å². The van der Waals surface area contributed by atoms with E-state index in [9.17, 15) is 9.59 Å². The van der Waals surface area contributed by atoms with Crippen LogP contribution in [-0.2, 0) is 9.59 Å². The zero-order chi connectivity index (χ0) is 15.1. The number of carbonyl (C=O) groups excluding carboxylic acids is 2. The molecule has 4 heteroatoms. The second-order valence-electron chi connectivity index (χ2n) is 6.13. The molecule has 1 aliphatic rings. The molecule has 0 aliphatic carbocycles. The summed E-state index contributed by atoms with van der Waals surface area (Å²) in [7, 11) is 0. The van der Waals surface area contributed by atoms with Crippen LogP contribution < -0.4 is 5.32 Å². The molecule has 1 heterocycles. The lowest BCUT2D eigenvalue weighted by Gasteiger charge is -2.32. The van der Waals surface area contributed by atoms with Crippen molar-refractivity contribution in [2.75, 3.05) is 13.1 Å². The molecule has 116 valence electrons. The largest absolute Gasteiger partial charge is 0.344 e. The average molecular weight is 282 g/mol. The molecule has 1 N–H and O–H groups in total. The van der Waals surface area contributed by atoms with Crippen molar-refractivity contribution in [2.24, 2.45) is 11.8 Å². The molecule has 0 spiro atoms. The van der Waals surface area contributed by atoms with Crippen LogP contribution in [0.5, 0.6) is 0 Å². The van der Waals surface area contributed by atoms with Crippen molar-refractivity contribution in [1.82, 2.24) is 10.2 Å². The van der Waals surface area contributed by atoms with Crippen LogP contribution in [0.1, 0.15) is 59.8 Å². The first-order chi connectivity index (χ1) is 9.51. The molecule has 0 bridgehead atoms. The van der Waals surface area contributed by atoms with Crippen molar-refractivity contribution in [1.29, 1.82) is 0 Å². The first kappa shape index (κ1) is 17.0. The molecule has 0 aromatic heterocycles. The SMILES string of the molecule is CCC(CC)C(=O)N[C@H](C(=O)N1CCCCC1)C(C)C. The van der Waals surface area contributed by atoms with Gasteiger partial charge in [-0.1, -0.05) is 27.7 Å². The molecule has 0 aromatic rings. The number of nitrogens with zero attached hydrogens (tertiary/aromatic N) is 1. The van der Waals surface area contributed by atoms with E-state index in [-0.39, 0.29) is 29.7 Å². The highest BCUT2D eigenvalue weighted by molar-refractivity contribution is 5.88. The Morgan fingerprint density at radius 2 is 1.60 bits per heavy atom. The number of hydrogen-bond acceptors (Lipinski definition) is 2. The summed E-state index contributed by atoms with van der Waals surface area (Å²) < 4.78 is 0. The maximum Gasteiger partial charge on any atom is 0.245 e. The molecule has 2 amide bonds. The minimum Gasteiger partial charge on any atom is -0.344 e. The van der Waals surface area contributed by atoms with Gasteiger partial charge in [0.2, 0.25) is 11.8 Å².